The monoisotopic (exact) mass is 479 g/mol. The van der Waals surface area contributed by atoms with Crippen molar-refractivity contribution in [3.63, 3.8) is 0 Å². The maximum Gasteiger partial charge on any atom is 0.280 e. The van der Waals surface area contributed by atoms with Crippen LogP contribution in [0.5, 0.6) is 5.88 Å². The van der Waals surface area contributed by atoms with Crippen LogP contribution in [0.25, 0.3) is 11.5 Å². The van der Waals surface area contributed by atoms with E-state index in [2.05, 4.69) is 36.2 Å². The number of alkyl halides is 1. The van der Waals surface area contributed by atoms with Gasteiger partial charge in [0.15, 0.2) is 23.0 Å². The van der Waals surface area contributed by atoms with Crippen LogP contribution in [0, 0.1) is 0 Å². The Balaban J connectivity index is 1.47. The third-order valence-electron chi connectivity index (χ3n) is 5.37. The van der Waals surface area contributed by atoms with Gasteiger partial charge in [-0.05, 0) is 25.1 Å². The van der Waals surface area contributed by atoms with Crippen molar-refractivity contribution in [2.45, 2.75) is 25.6 Å². The van der Waals surface area contributed by atoms with Gasteiger partial charge in [0.1, 0.15) is 11.9 Å². The van der Waals surface area contributed by atoms with E-state index >= 15 is 0 Å². The van der Waals surface area contributed by atoms with Gasteiger partial charge in [-0.2, -0.15) is 0 Å². The minimum atomic E-state index is -1.03. The van der Waals surface area contributed by atoms with Crippen molar-refractivity contribution in [2.75, 3.05) is 24.3 Å². The molecule has 0 bridgehead atoms. The maximum absolute atomic E-state index is 13.2. The van der Waals surface area contributed by atoms with Crippen molar-refractivity contribution in [3.05, 3.63) is 58.8 Å². The number of carbonyl (C=O) groups is 1. The van der Waals surface area contributed by atoms with Crippen molar-refractivity contribution < 1.29 is 13.9 Å². The van der Waals surface area contributed by atoms with Crippen molar-refractivity contribution in [1.29, 1.82) is 0 Å². The second kappa shape index (κ2) is 9.00. The average molecular weight is 479 g/mol. The van der Waals surface area contributed by atoms with Crippen LogP contribution in [-0.4, -0.2) is 61.1 Å². The van der Waals surface area contributed by atoms with Crippen LogP contribution in [0.15, 0.2) is 47.5 Å². The normalized spacial score (nSPS) is 16.7. The average Bonchev–Trinajstić information content (AvgIpc) is 3.37. The number of ether oxygens (including phenoxy) is 1. The van der Waals surface area contributed by atoms with Crippen molar-refractivity contribution >= 4 is 28.7 Å². The van der Waals surface area contributed by atoms with Gasteiger partial charge < -0.3 is 20.7 Å². The fraction of sp³-hybridized carbons (Fsp3) is 0.273. The van der Waals surface area contributed by atoms with Gasteiger partial charge in [0.2, 0.25) is 5.88 Å². The summed E-state index contributed by atoms with van der Waals surface area (Å²) in [6.45, 7) is 2.29. The molecule has 1 aliphatic carbocycles. The zero-order chi connectivity index (χ0) is 24.5. The van der Waals surface area contributed by atoms with Gasteiger partial charge in [-0.15, -0.1) is 15.3 Å². The number of hydrogen-bond acceptors (Lipinski definition) is 9. The smallest absolute Gasteiger partial charge is 0.280 e. The number of pyridine rings is 1. The molecule has 1 amide bonds. The predicted octanol–water partition coefficient (Wildman–Crippen LogP) is 1.69. The molecular formula is C22H22FN9O3. The number of fused-ring (bicyclic) bond motifs is 1. The summed E-state index contributed by atoms with van der Waals surface area (Å²) in [5.74, 6) is 0.489. The highest BCUT2D eigenvalue weighted by atomic mass is 19.1. The predicted molar refractivity (Wildman–Crippen MR) is 125 cm³/mol. The summed E-state index contributed by atoms with van der Waals surface area (Å²) in [6, 6.07) is 7.71. The van der Waals surface area contributed by atoms with Crippen LogP contribution in [0.1, 0.15) is 23.8 Å². The third-order valence-corrected chi connectivity index (χ3v) is 5.37. The first-order valence-electron chi connectivity index (χ1n) is 11.0. The molecule has 180 valence electrons. The van der Waals surface area contributed by atoms with Crippen molar-refractivity contribution in [1.82, 2.24) is 34.7 Å². The lowest BCUT2D eigenvalue weighted by molar-refractivity contribution is 0.0940. The molecule has 4 aromatic heterocycles. The Bertz CT molecular complexity index is 1450. The van der Waals surface area contributed by atoms with Crippen LogP contribution in [0.4, 0.5) is 21.6 Å². The Morgan fingerprint density at radius 2 is 2.09 bits per heavy atom. The number of nitrogens with one attached hydrogen (secondary N) is 3. The molecule has 2 atom stereocenters. The molecule has 1 aliphatic rings. The van der Waals surface area contributed by atoms with Gasteiger partial charge in [0.25, 0.3) is 11.5 Å². The summed E-state index contributed by atoms with van der Waals surface area (Å²) >= 11 is 0. The van der Waals surface area contributed by atoms with E-state index in [0.29, 0.717) is 36.1 Å². The first-order chi connectivity index (χ1) is 17.0. The highest BCUT2D eigenvalue weighted by Crippen LogP contribution is 2.26. The molecule has 12 nitrogen and oxygen atoms in total. The van der Waals surface area contributed by atoms with Gasteiger partial charge in [-0.3, -0.25) is 14.2 Å². The molecule has 1 fully saturated rings. The van der Waals surface area contributed by atoms with E-state index in [-0.39, 0.29) is 22.8 Å². The fourth-order valence-electron chi connectivity index (χ4n) is 3.50. The van der Waals surface area contributed by atoms with Crippen molar-refractivity contribution in [3.8, 4) is 11.7 Å². The lowest BCUT2D eigenvalue weighted by Crippen LogP contribution is -2.28. The molecule has 1 saturated carbocycles. The first-order valence-corrected chi connectivity index (χ1v) is 11.0. The quantitative estimate of drug-likeness (QED) is 0.344. The van der Waals surface area contributed by atoms with Gasteiger partial charge in [-0.1, -0.05) is 0 Å². The number of hydrogen-bond donors (Lipinski definition) is 3. The SMILES string of the molecule is CCOc1ccc(-n2cccc(Nc3cc(NC)c4ncc(C(=O)N[C@@H]5C[C@@H]5F)n4n3)c2=O)nn1. The Kier molecular flexibility index (Phi) is 5.73. The fourth-order valence-corrected chi connectivity index (χ4v) is 3.50. The summed E-state index contributed by atoms with van der Waals surface area (Å²) in [6.07, 6.45) is 2.21. The van der Waals surface area contributed by atoms with Gasteiger partial charge >= 0.3 is 0 Å². The number of imidazole rings is 1. The summed E-state index contributed by atoms with van der Waals surface area (Å²) in [4.78, 5) is 30.0. The molecule has 3 N–H and O–H groups in total. The minimum absolute atomic E-state index is 0.148. The molecule has 4 aromatic rings. The van der Waals surface area contributed by atoms with E-state index in [4.69, 9.17) is 4.74 Å². The van der Waals surface area contributed by atoms with Crippen molar-refractivity contribution in [2.24, 2.45) is 0 Å². The lowest BCUT2D eigenvalue weighted by atomic mass is 10.3. The van der Waals surface area contributed by atoms with E-state index in [9.17, 15) is 14.0 Å². The number of rotatable bonds is 8. The highest BCUT2D eigenvalue weighted by molar-refractivity contribution is 5.94. The van der Waals surface area contributed by atoms with Gasteiger partial charge in [-0.25, -0.2) is 13.9 Å². The summed E-state index contributed by atoms with van der Waals surface area (Å²) < 4.78 is 21.2. The number of anilines is 3. The number of nitrogens with zero attached hydrogens (tertiary/aromatic N) is 6. The third kappa shape index (κ3) is 4.35. The Hall–Kier alpha value is -4.55. The molecule has 0 unspecified atom stereocenters. The molecule has 0 spiro atoms. The van der Waals surface area contributed by atoms with Crippen LogP contribution in [0.3, 0.4) is 0 Å². The van der Waals surface area contributed by atoms with E-state index in [1.54, 1.807) is 43.6 Å². The van der Waals surface area contributed by atoms with E-state index < -0.39 is 18.1 Å². The van der Waals surface area contributed by atoms with Crippen LogP contribution in [0.2, 0.25) is 0 Å². The molecule has 0 saturated heterocycles. The standard InChI is InChI=1S/C22H22FN9O3/c1-3-35-19-7-6-18(28-29-19)31-8-4-5-13(22(31)34)26-17-10-15(24-2)20-25-11-16(32(20)30-17)21(33)27-14-9-12(14)23/h4-8,10-12,14,24H,3,9H2,1-2H3,(H,26,30)(H,27,33)/t12-,14+/m0/s1. The maximum atomic E-state index is 13.2. The molecule has 35 heavy (non-hydrogen) atoms. The second-order valence-electron chi connectivity index (χ2n) is 7.79. The van der Waals surface area contributed by atoms with Gasteiger partial charge in [0.05, 0.1) is 24.5 Å². The molecule has 0 aromatic carbocycles. The minimum Gasteiger partial charge on any atom is -0.477 e. The topological polar surface area (TPSA) is 140 Å². The largest absolute Gasteiger partial charge is 0.477 e. The van der Waals surface area contributed by atoms with Crippen LogP contribution >= 0.6 is 0 Å². The number of aromatic nitrogens is 6. The summed E-state index contributed by atoms with van der Waals surface area (Å²) in [5.41, 5.74) is 0.969. The molecule has 4 heterocycles. The Morgan fingerprint density at radius 3 is 2.77 bits per heavy atom. The highest BCUT2D eigenvalue weighted by Gasteiger charge is 2.39. The second-order valence-corrected chi connectivity index (χ2v) is 7.79. The lowest BCUT2D eigenvalue weighted by Gasteiger charge is -2.11. The van der Waals surface area contributed by atoms with Crippen LogP contribution < -0.4 is 26.2 Å². The molecular weight excluding hydrogens is 457 g/mol. The number of halogens is 1. The molecule has 5 rings (SSSR count). The summed E-state index contributed by atoms with van der Waals surface area (Å²) in [7, 11) is 1.70. The van der Waals surface area contributed by atoms with Crippen LogP contribution in [-0.2, 0) is 0 Å². The first kappa shape index (κ1) is 22.3. The Labute approximate surface area is 198 Å². The zero-order valence-corrected chi connectivity index (χ0v) is 18.9. The molecule has 0 aliphatic heterocycles. The number of carbonyl (C=O) groups excluding carboxylic acids is 1. The number of amides is 1. The van der Waals surface area contributed by atoms with E-state index in [1.165, 1.54) is 15.3 Å². The van der Waals surface area contributed by atoms with E-state index in [0.717, 1.165) is 0 Å². The molecule has 0 radical (unpaired) electrons. The van der Waals surface area contributed by atoms with Gasteiger partial charge in [0, 0.05) is 31.8 Å². The summed E-state index contributed by atoms with van der Waals surface area (Å²) in [5, 5.41) is 21.1. The Morgan fingerprint density at radius 1 is 1.26 bits per heavy atom. The molecule has 13 heteroatoms. The zero-order valence-electron chi connectivity index (χ0n) is 18.9. The van der Waals surface area contributed by atoms with E-state index in [1.807, 2.05) is 6.92 Å².